The van der Waals surface area contributed by atoms with Crippen LogP contribution in [0.25, 0.3) is 82.3 Å². The molecule has 0 spiro atoms. The minimum Gasteiger partial charge on any atom is -0.456 e. The quantitative estimate of drug-likeness (QED) is 0.212. The number of nitrogens with zero attached hydrogens (tertiary/aromatic N) is 1. The van der Waals surface area contributed by atoms with Gasteiger partial charge < -0.3 is 8.82 Å². The molecule has 6 aromatic carbocycles. The summed E-state index contributed by atoms with van der Waals surface area (Å²) in [5, 5.41) is 7.37. The molecule has 0 bridgehead atoms. The molecule has 40 heavy (non-hydrogen) atoms. The molecule has 0 amide bonds. The van der Waals surface area contributed by atoms with Crippen LogP contribution in [0, 0.1) is 0 Å². The van der Waals surface area contributed by atoms with E-state index in [4.69, 9.17) is 4.42 Å². The fourth-order valence-corrected chi connectivity index (χ4v) is 6.60. The Balaban J connectivity index is 1.43. The summed E-state index contributed by atoms with van der Waals surface area (Å²) in [6, 6.07) is 50.1. The van der Waals surface area contributed by atoms with Crippen LogP contribution in [0.2, 0.25) is 0 Å². The van der Waals surface area contributed by atoms with E-state index in [9.17, 15) is 0 Å². The molecule has 0 unspecified atom stereocenters. The maximum absolute atomic E-state index is 6.11. The van der Waals surface area contributed by atoms with Crippen molar-refractivity contribution in [1.29, 1.82) is 0 Å². The Kier molecular flexibility index (Phi) is 4.36. The van der Waals surface area contributed by atoms with E-state index in [2.05, 4.69) is 132 Å². The van der Waals surface area contributed by atoms with Crippen molar-refractivity contribution in [1.82, 2.24) is 4.40 Å². The molecule has 0 atom stereocenters. The number of furan rings is 1. The summed E-state index contributed by atoms with van der Waals surface area (Å²) in [6.07, 6.45) is 0. The summed E-state index contributed by atoms with van der Waals surface area (Å²) < 4.78 is 8.59. The van der Waals surface area contributed by atoms with Gasteiger partial charge in [0.2, 0.25) is 0 Å². The van der Waals surface area contributed by atoms with E-state index in [1.54, 1.807) is 0 Å². The molecule has 0 saturated carbocycles. The molecule has 9 aromatic rings. The van der Waals surface area contributed by atoms with Gasteiger partial charge in [0.15, 0.2) is 0 Å². The molecule has 0 aliphatic heterocycles. The Morgan fingerprint density at radius 1 is 0.375 bits per heavy atom. The van der Waals surface area contributed by atoms with Crippen LogP contribution in [-0.2, 0) is 0 Å². The van der Waals surface area contributed by atoms with E-state index in [1.807, 2.05) is 12.1 Å². The predicted molar refractivity (Wildman–Crippen MR) is 168 cm³/mol. The predicted octanol–water partition coefficient (Wildman–Crippen LogP) is 10.6. The smallest absolute Gasteiger partial charge is 0.135 e. The van der Waals surface area contributed by atoms with Gasteiger partial charge >= 0.3 is 0 Å². The Hall–Kier alpha value is -5.34. The first-order chi connectivity index (χ1) is 19.8. The van der Waals surface area contributed by atoms with Crippen molar-refractivity contribution in [3.8, 4) is 22.3 Å². The fourth-order valence-electron chi connectivity index (χ4n) is 6.60. The number of benzene rings is 6. The minimum atomic E-state index is 0.919. The van der Waals surface area contributed by atoms with Gasteiger partial charge in [0.05, 0.1) is 16.6 Å². The van der Waals surface area contributed by atoms with E-state index in [0.717, 1.165) is 21.9 Å². The van der Waals surface area contributed by atoms with Crippen LogP contribution in [0.1, 0.15) is 0 Å². The van der Waals surface area contributed by atoms with Gasteiger partial charge in [-0.1, -0.05) is 109 Å². The van der Waals surface area contributed by atoms with Crippen LogP contribution in [0.4, 0.5) is 0 Å². The highest BCUT2D eigenvalue weighted by atomic mass is 16.3. The van der Waals surface area contributed by atoms with Gasteiger partial charge in [-0.3, -0.25) is 0 Å². The monoisotopic (exact) mass is 509 g/mol. The van der Waals surface area contributed by atoms with Crippen LogP contribution in [0.3, 0.4) is 0 Å². The van der Waals surface area contributed by atoms with Crippen LogP contribution >= 0.6 is 0 Å². The number of hydrogen-bond donors (Lipinski definition) is 0. The van der Waals surface area contributed by atoms with Crippen LogP contribution < -0.4 is 0 Å². The lowest BCUT2D eigenvalue weighted by Crippen LogP contribution is -1.91. The highest BCUT2D eigenvalue weighted by Gasteiger charge is 2.20. The second kappa shape index (κ2) is 8.08. The third kappa shape index (κ3) is 2.93. The lowest BCUT2D eigenvalue weighted by atomic mass is 9.97. The first kappa shape index (κ1) is 21.6. The molecule has 0 aliphatic rings. The average molecular weight is 510 g/mol. The number of pyridine rings is 1. The number of hydrogen-bond acceptors (Lipinski definition) is 1. The Labute approximate surface area is 230 Å². The molecule has 2 nitrogen and oxygen atoms in total. The van der Waals surface area contributed by atoms with Gasteiger partial charge in [0.25, 0.3) is 0 Å². The summed E-state index contributed by atoms with van der Waals surface area (Å²) in [6.45, 7) is 0. The summed E-state index contributed by atoms with van der Waals surface area (Å²) in [5.41, 5.74) is 10.4. The van der Waals surface area contributed by atoms with E-state index >= 15 is 0 Å². The minimum absolute atomic E-state index is 0.919. The number of rotatable bonds is 2. The SMILES string of the molecule is c1ccc(-c2c3ccc(-c4ccc5oc6ccccc6c5c4)cc3n3c4ccccc4c4ccccc4c23)cc1. The van der Waals surface area contributed by atoms with Gasteiger partial charge in [-0.05, 0) is 52.4 Å². The fraction of sp³-hybridized carbons (Fsp3) is 0. The normalized spacial score (nSPS) is 12.0. The van der Waals surface area contributed by atoms with Crippen LogP contribution in [0.15, 0.2) is 144 Å². The Bertz CT molecular complexity index is 2420. The topological polar surface area (TPSA) is 17.6 Å². The van der Waals surface area contributed by atoms with Crippen molar-refractivity contribution in [2.45, 2.75) is 0 Å². The van der Waals surface area contributed by atoms with Crippen molar-refractivity contribution in [3.05, 3.63) is 140 Å². The largest absolute Gasteiger partial charge is 0.456 e. The summed E-state index contributed by atoms with van der Waals surface area (Å²) in [4.78, 5) is 0. The third-order valence-corrected chi connectivity index (χ3v) is 8.36. The van der Waals surface area contributed by atoms with Crippen molar-refractivity contribution < 1.29 is 4.42 Å². The van der Waals surface area contributed by atoms with Gasteiger partial charge in [-0.25, -0.2) is 0 Å². The highest BCUT2D eigenvalue weighted by Crippen LogP contribution is 2.43. The third-order valence-electron chi connectivity index (χ3n) is 8.36. The molecule has 0 radical (unpaired) electrons. The van der Waals surface area contributed by atoms with E-state index in [1.165, 1.54) is 60.3 Å². The first-order valence-corrected chi connectivity index (χ1v) is 13.7. The number of para-hydroxylation sites is 2. The molecule has 3 heterocycles. The molecule has 0 fully saturated rings. The number of aromatic nitrogens is 1. The van der Waals surface area contributed by atoms with E-state index < -0.39 is 0 Å². The van der Waals surface area contributed by atoms with Crippen LogP contribution in [0.5, 0.6) is 0 Å². The summed E-state index contributed by atoms with van der Waals surface area (Å²) in [5.74, 6) is 0. The van der Waals surface area contributed by atoms with Crippen molar-refractivity contribution >= 4 is 60.0 Å². The van der Waals surface area contributed by atoms with Crippen molar-refractivity contribution in [2.75, 3.05) is 0 Å². The molecule has 0 N–H and O–H groups in total. The average Bonchev–Trinajstić information content (AvgIpc) is 3.57. The lowest BCUT2D eigenvalue weighted by Gasteiger charge is -2.11. The molecule has 9 rings (SSSR count). The van der Waals surface area contributed by atoms with Crippen molar-refractivity contribution in [2.24, 2.45) is 0 Å². The van der Waals surface area contributed by atoms with Gasteiger partial charge in [-0.15, -0.1) is 0 Å². The molecule has 3 aromatic heterocycles. The molecule has 186 valence electrons. The number of fused-ring (bicyclic) bond motifs is 11. The van der Waals surface area contributed by atoms with Gasteiger partial charge in [0.1, 0.15) is 11.2 Å². The standard InChI is InChI=1S/C38H23NO/c1-2-10-24(11-3-1)37-31-20-18-26(25-19-21-36-32(22-25)29-14-7-9-17-35(29)40-36)23-34(31)39-33-16-8-6-13-28(33)27-12-4-5-15-30(27)38(37)39/h1-23H. The maximum Gasteiger partial charge on any atom is 0.135 e. The molecule has 2 heteroatoms. The van der Waals surface area contributed by atoms with Crippen molar-refractivity contribution in [3.63, 3.8) is 0 Å². The molecular formula is C38H23NO. The zero-order valence-corrected chi connectivity index (χ0v) is 21.6. The summed E-state index contributed by atoms with van der Waals surface area (Å²) in [7, 11) is 0. The van der Waals surface area contributed by atoms with E-state index in [-0.39, 0.29) is 0 Å². The molecular weight excluding hydrogens is 486 g/mol. The lowest BCUT2D eigenvalue weighted by molar-refractivity contribution is 0.669. The Morgan fingerprint density at radius 3 is 1.90 bits per heavy atom. The Morgan fingerprint density at radius 2 is 1.02 bits per heavy atom. The second-order valence-corrected chi connectivity index (χ2v) is 10.5. The summed E-state index contributed by atoms with van der Waals surface area (Å²) >= 11 is 0. The highest BCUT2D eigenvalue weighted by molar-refractivity contribution is 6.22. The molecule has 0 saturated heterocycles. The van der Waals surface area contributed by atoms with E-state index in [0.29, 0.717) is 0 Å². The van der Waals surface area contributed by atoms with Crippen LogP contribution in [-0.4, -0.2) is 4.40 Å². The maximum atomic E-state index is 6.11. The van der Waals surface area contributed by atoms with Gasteiger partial charge in [-0.2, -0.15) is 0 Å². The molecule has 0 aliphatic carbocycles. The zero-order chi connectivity index (χ0) is 26.2. The first-order valence-electron chi connectivity index (χ1n) is 13.7. The second-order valence-electron chi connectivity index (χ2n) is 10.5. The zero-order valence-electron chi connectivity index (χ0n) is 21.6. The van der Waals surface area contributed by atoms with Gasteiger partial charge in [0, 0.05) is 32.5 Å².